The molecule has 1 saturated heterocycles. The van der Waals surface area contributed by atoms with E-state index < -0.39 is 0 Å². The molecule has 0 saturated carbocycles. The highest BCUT2D eigenvalue weighted by atomic mass is 16.2. The lowest BCUT2D eigenvalue weighted by molar-refractivity contribution is 0.248. The number of amides is 2. The Morgan fingerprint density at radius 1 is 1.20 bits per heavy atom. The minimum absolute atomic E-state index is 0.0463. The van der Waals surface area contributed by atoms with Crippen molar-refractivity contribution in [1.82, 2.24) is 10.6 Å². The summed E-state index contributed by atoms with van der Waals surface area (Å²) in [7, 11) is 0. The Morgan fingerprint density at radius 2 is 1.60 bits per heavy atom. The zero-order valence-electron chi connectivity index (χ0n) is 6.74. The number of rotatable bonds is 1. The van der Waals surface area contributed by atoms with Crippen molar-refractivity contribution in [3.63, 3.8) is 0 Å². The lowest BCUT2D eigenvalue weighted by atomic mass is 10.4. The van der Waals surface area contributed by atoms with Gasteiger partial charge in [0, 0.05) is 13.1 Å². The standard InChI is InChI=1S/C4H10.C3H6N2O/c1-3-4-2;6-3-4-1-2-5-3/h3-4H2,1-2H3;1-2H2,(H2,4,5,6). The summed E-state index contributed by atoms with van der Waals surface area (Å²) in [5.41, 5.74) is 0. The van der Waals surface area contributed by atoms with Gasteiger partial charge in [-0.1, -0.05) is 26.7 Å². The Morgan fingerprint density at radius 3 is 1.70 bits per heavy atom. The number of carbonyl (C=O) groups excluding carboxylic acids is 1. The first-order valence-electron chi connectivity index (χ1n) is 3.83. The Bertz CT molecular complexity index is 83.6. The summed E-state index contributed by atoms with van der Waals surface area (Å²) < 4.78 is 0. The molecule has 2 amide bonds. The maximum atomic E-state index is 10.0. The van der Waals surface area contributed by atoms with Gasteiger partial charge in [0.25, 0.3) is 0 Å². The molecule has 3 nitrogen and oxygen atoms in total. The van der Waals surface area contributed by atoms with E-state index in [0.29, 0.717) is 0 Å². The third-order valence-corrected chi connectivity index (χ3v) is 1.20. The van der Waals surface area contributed by atoms with E-state index in [1.165, 1.54) is 12.8 Å². The maximum Gasteiger partial charge on any atom is 0.314 e. The molecular formula is C7H16N2O. The van der Waals surface area contributed by atoms with Gasteiger partial charge in [0.1, 0.15) is 0 Å². The quantitative estimate of drug-likeness (QED) is 0.568. The van der Waals surface area contributed by atoms with E-state index in [-0.39, 0.29) is 6.03 Å². The fraction of sp³-hybridized carbons (Fsp3) is 0.857. The molecule has 10 heavy (non-hydrogen) atoms. The van der Waals surface area contributed by atoms with Crippen molar-refractivity contribution in [3.8, 4) is 0 Å². The van der Waals surface area contributed by atoms with Crippen LogP contribution in [0.4, 0.5) is 4.79 Å². The SMILES string of the molecule is CCCC.O=C1NCCN1. The molecule has 3 heteroatoms. The van der Waals surface area contributed by atoms with Gasteiger partial charge in [-0.05, 0) is 0 Å². The van der Waals surface area contributed by atoms with Gasteiger partial charge in [-0.2, -0.15) is 0 Å². The molecule has 1 fully saturated rings. The van der Waals surface area contributed by atoms with E-state index in [1.54, 1.807) is 0 Å². The number of hydrogen-bond donors (Lipinski definition) is 2. The van der Waals surface area contributed by atoms with Crippen LogP contribution in [0.15, 0.2) is 0 Å². The number of urea groups is 1. The molecule has 0 aliphatic carbocycles. The van der Waals surface area contributed by atoms with Crippen LogP contribution in [0.5, 0.6) is 0 Å². The monoisotopic (exact) mass is 144 g/mol. The molecule has 2 N–H and O–H groups in total. The normalized spacial score (nSPS) is 14.8. The first kappa shape index (κ1) is 9.27. The summed E-state index contributed by atoms with van der Waals surface area (Å²) in [6, 6.07) is -0.0463. The van der Waals surface area contributed by atoms with Crippen LogP contribution in [-0.4, -0.2) is 19.1 Å². The van der Waals surface area contributed by atoms with E-state index in [0.717, 1.165) is 13.1 Å². The summed E-state index contributed by atoms with van der Waals surface area (Å²) >= 11 is 0. The molecule has 0 spiro atoms. The fourth-order valence-corrected chi connectivity index (χ4v) is 0.415. The fourth-order valence-electron chi connectivity index (χ4n) is 0.415. The van der Waals surface area contributed by atoms with Crippen LogP contribution in [0.1, 0.15) is 26.7 Å². The van der Waals surface area contributed by atoms with Crippen LogP contribution in [0.3, 0.4) is 0 Å². The van der Waals surface area contributed by atoms with Gasteiger partial charge in [0.15, 0.2) is 0 Å². The molecular weight excluding hydrogens is 128 g/mol. The Labute approximate surface area is 62.2 Å². The van der Waals surface area contributed by atoms with E-state index in [1.807, 2.05) is 0 Å². The highest BCUT2D eigenvalue weighted by molar-refractivity contribution is 5.75. The summed E-state index contributed by atoms with van der Waals surface area (Å²) in [6.45, 7) is 5.91. The molecule has 1 aliphatic rings. The zero-order valence-corrected chi connectivity index (χ0v) is 6.74. The van der Waals surface area contributed by atoms with Crippen LogP contribution in [0.2, 0.25) is 0 Å². The van der Waals surface area contributed by atoms with Gasteiger partial charge < -0.3 is 10.6 Å². The second-order valence-corrected chi connectivity index (χ2v) is 2.18. The second kappa shape index (κ2) is 6.39. The second-order valence-electron chi connectivity index (χ2n) is 2.18. The van der Waals surface area contributed by atoms with Crippen molar-refractivity contribution in [2.45, 2.75) is 26.7 Å². The first-order chi connectivity index (χ1) is 4.81. The Kier molecular flexibility index (Phi) is 5.92. The molecule has 0 radical (unpaired) electrons. The Balaban J connectivity index is 0.000000180. The topological polar surface area (TPSA) is 41.1 Å². The van der Waals surface area contributed by atoms with Crippen molar-refractivity contribution in [3.05, 3.63) is 0 Å². The highest BCUT2D eigenvalue weighted by Gasteiger charge is 2.02. The summed E-state index contributed by atoms with van der Waals surface area (Å²) in [5, 5.41) is 5.14. The molecule has 0 aromatic heterocycles. The maximum absolute atomic E-state index is 10.0. The van der Waals surface area contributed by atoms with Gasteiger partial charge in [0.2, 0.25) is 0 Å². The smallest absolute Gasteiger partial charge is 0.314 e. The largest absolute Gasteiger partial charge is 0.336 e. The van der Waals surface area contributed by atoms with E-state index >= 15 is 0 Å². The predicted molar refractivity (Wildman–Crippen MR) is 42.0 cm³/mol. The molecule has 1 rings (SSSR count). The van der Waals surface area contributed by atoms with Crippen LogP contribution in [-0.2, 0) is 0 Å². The number of carbonyl (C=O) groups is 1. The molecule has 0 unspecified atom stereocenters. The molecule has 0 bridgehead atoms. The molecule has 1 aliphatic heterocycles. The van der Waals surface area contributed by atoms with Gasteiger partial charge in [-0.15, -0.1) is 0 Å². The van der Waals surface area contributed by atoms with Crippen LogP contribution in [0.25, 0.3) is 0 Å². The lowest BCUT2D eigenvalue weighted by Gasteiger charge is -1.80. The summed E-state index contributed by atoms with van der Waals surface area (Å²) in [6.07, 6.45) is 2.64. The lowest BCUT2D eigenvalue weighted by Crippen LogP contribution is -2.20. The van der Waals surface area contributed by atoms with Gasteiger partial charge in [0.05, 0.1) is 0 Å². The van der Waals surface area contributed by atoms with Crippen molar-refractivity contribution in [2.75, 3.05) is 13.1 Å². The van der Waals surface area contributed by atoms with Crippen molar-refractivity contribution in [1.29, 1.82) is 0 Å². The van der Waals surface area contributed by atoms with Crippen LogP contribution < -0.4 is 10.6 Å². The average molecular weight is 144 g/mol. The molecule has 60 valence electrons. The Hall–Kier alpha value is -0.730. The third kappa shape index (κ3) is 5.41. The van der Waals surface area contributed by atoms with Gasteiger partial charge in [-0.25, -0.2) is 4.79 Å². The highest BCUT2D eigenvalue weighted by Crippen LogP contribution is 1.76. The molecule has 0 aromatic carbocycles. The van der Waals surface area contributed by atoms with Crippen molar-refractivity contribution in [2.24, 2.45) is 0 Å². The average Bonchev–Trinajstić information content (AvgIpc) is 2.40. The van der Waals surface area contributed by atoms with Crippen LogP contribution in [0, 0.1) is 0 Å². The number of nitrogens with one attached hydrogen (secondary N) is 2. The van der Waals surface area contributed by atoms with Gasteiger partial charge >= 0.3 is 6.03 Å². The van der Waals surface area contributed by atoms with Gasteiger partial charge in [-0.3, -0.25) is 0 Å². The molecule has 0 atom stereocenters. The summed E-state index contributed by atoms with van der Waals surface area (Å²) in [5.74, 6) is 0. The number of unbranched alkanes of at least 4 members (excludes halogenated alkanes) is 1. The minimum atomic E-state index is -0.0463. The first-order valence-corrected chi connectivity index (χ1v) is 3.83. The zero-order chi connectivity index (χ0) is 7.82. The van der Waals surface area contributed by atoms with Crippen molar-refractivity contribution >= 4 is 6.03 Å². The minimum Gasteiger partial charge on any atom is -0.336 e. The molecule has 1 heterocycles. The predicted octanol–water partition coefficient (Wildman–Crippen LogP) is 1.11. The molecule has 0 aromatic rings. The van der Waals surface area contributed by atoms with E-state index in [2.05, 4.69) is 24.5 Å². The van der Waals surface area contributed by atoms with Crippen molar-refractivity contribution < 1.29 is 4.79 Å². The van der Waals surface area contributed by atoms with E-state index in [4.69, 9.17) is 0 Å². The van der Waals surface area contributed by atoms with Crippen LogP contribution >= 0.6 is 0 Å². The van der Waals surface area contributed by atoms with E-state index in [9.17, 15) is 4.79 Å². The summed E-state index contributed by atoms with van der Waals surface area (Å²) in [4.78, 5) is 10.0. The third-order valence-electron chi connectivity index (χ3n) is 1.20. The number of hydrogen-bond acceptors (Lipinski definition) is 1.